The molecule has 0 radical (unpaired) electrons. The molecule has 3 saturated heterocycles. The summed E-state index contributed by atoms with van der Waals surface area (Å²) in [6.07, 6.45) is 2.67. The average molecular weight is 541 g/mol. The zero-order valence-electron chi connectivity index (χ0n) is 22.4. The Kier molecular flexibility index (Phi) is 7.84. The molecule has 3 fully saturated rings. The predicted molar refractivity (Wildman–Crippen MR) is 148 cm³/mol. The number of hydrogen-bond donors (Lipinski definition) is 1. The van der Waals surface area contributed by atoms with Crippen LogP contribution >= 0.6 is 11.6 Å². The van der Waals surface area contributed by atoms with Crippen molar-refractivity contribution in [3.05, 3.63) is 58.6 Å². The van der Waals surface area contributed by atoms with Crippen molar-refractivity contribution >= 4 is 29.1 Å². The molecule has 3 aliphatic heterocycles. The molecule has 1 unspecified atom stereocenters. The van der Waals surface area contributed by atoms with Gasteiger partial charge in [0.1, 0.15) is 5.75 Å². The monoisotopic (exact) mass is 540 g/mol. The molecule has 3 heterocycles. The second-order valence-corrected chi connectivity index (χ2v) is 11.2. The van der Waals surface area contributed by atoms with Crippen LogP contribution in [0.2, 0.25) is 5.02 Å². The lowest BCUT2D eigenvalue weighted by atomic mass is 9.78. The smallest absolute Gasteiger partial charge is 0.254 e. The quantitative estimate of drug-likeness (QED) is 0.579. The normalized spacial score (nSPS) is 22.7. The van der Waals surface area contributed by atoms with Crippen LogP contribution in [-0.2, 0) is 14.9 Å². The van der Waals surface area contributed by atoms with Gasteiger partial charge in [-0.15, -0.1) is 0 Å². The van der Waals surface area contributed by atoms with Gasteiger partial charge in [0.2, 0.25) is 5.91 Å². The van der Waals surface area contributed by atoms with Gasteiger partial charge in [0.05, 0.1) is 35.8 Å². The van der Waals surface area contributed by atoms with Gasteiger partial charge in [0, 0.05) is 58.6 Å². The van der Waals surface area contributed by atoms with E-state index in [0.717, 1.165) is 56.0 Å². The van der Waals surface area contributed by atoms with Crippen molar-refractivity contribution in [3.8, 4) is 5.75 Å². The summed E-state index contributed by atoms with van der Waals surface area (Å²) in [6, 6.07) is 14.2. The minimum Gasteiger partial charge on any atom is -0.497 e. The summed E-state index contributed by atoms with van der Waals surface area (Å²) in [5, 5.41) is 4.00. The van der Waals surface area contributed by atoms with Crippen molar-refractivity contribution in [3.63, 3.8) is 0 Å². The Morgan fingerprint density at radius 2 is 1.82 bits per heavy atom. The minimum absolute atomic E-state index is 0.100. The molecule has 38 heavy (non-hydrogen) atoms. The number of nitrogens with zero attached hydrogens (tertiary/aromatic N) is 3. The molecule has 8 nitrogen and oxygen atoms in total. The Morgan fingerprint density at radius 3 is 2.39 bits per heavy atom. The number of nitrogens with one attached hydrogen (secondary N) is 1. The SMILES string of the molecule is COc1ccc(C2(C(=O)N3CCC(N4CC(Nc5ccc(C(=O)N(C)C)c(Cl)c5)C4)CC3)CCOC2)cc1. The van der Waals surface area contributed by atoms with Crippen LogP contribution in [0.5, 0.6) is 5.75 Å². The number of rotatable bonds is 7. The Morgan fingerprint density at radius 1 is 1.11 bits per heavy atom. The number of benzene rings is 2. The number of carbonyl (C=O) groups is 2. The summed E-state index contributed by atoms with van der Waals surface area (Å²) in [5.41, 5.74) is 1.85. The van der Waals surface area contributed by atoms with Crippen LogP contribution in [0, 0.1) is 0 Å². The summed E-state index contributed by atoms with van der Waals surface area (Å²) < 4.78 is 11.0. The molecule has 0 bridgehead atoms. The van der Waals surface area contributed by atoms with E-state index < -0.39 is 5.41 Å². The van der Waals surface area contributed by atoms with E-state index in [-0.39, 0.29) is 11.8 Å². The molecule has 0 saturated carbocycles. The van der Waals surface area contributed by atoms with Crippen molar-refractivity contribution < 1.29 is 19.1 Å². The Hall–Kier alpha value is -2.81. The summed E-state index contributed by atoms with van der Waals surface area (Å²) in [7, 11) is 5.09. The van der Waals surface area contributed by atoms with Crippen LogP contribution in [0.15, 0.2) is 42.5 Å². The molecular weight excluding hydrogens is 504 g/mol. The molecule has 0 aliphatic carbocycles. The number of piperidine rings is 1. The fourth-order valence-corrected chi connectivity index (χ4v) is 6.15. The Bertz CT molecular complexity index is 1150. The highest BCUT2D eigenvalue weighted by Gasteiger charge is 2.47. The van der Waals surface area contributed by atoms with E-state index in [2.05, 4.69) is 10.2 Å². The highest BCUT2D eigenvalue weighted by atomic mass is 35.5. The number of amides is 2. The number of carbonyl (C=O) groups excluding carboxylic acids is 2. The number of anilines is 1. The average Bonchev–Trinajstić information content (AvgIpc) is 3.41. The molecule has 2 amide bonds. The van der Waals surface area contributed by atoms with Crippen LogP contribution in [-0.4, -0.2) is 99.2 Å². The predicted octanol–water partition coefficient (Wildman–Crippen LogP) is 3.50. The number of likely N-dealkylation sites (tertiary alicyclic amines) is 2. The van der Waals surface area contributed by atoms with Crippen molar-refractivity contribution in [1.29, 1.82) is 0 Å². The van der Waals surface area contributed by atoms with Gasteiger partial charge in [-0.1, -0.05) is 23.7 Å². The molecule has 9 heteroatoms. The van der Waals surface area contributed by atoms with Crippen molar-refractivity contribution in [1.82, 2.24) is 14.7 Å². The highest BCUT2D eigenvalue weighted by Crippen LogP contribution is 2.37. The molecule has 204 valence electrons. The van der Waals surface area contributed by atoms with E-state index in [0.29, 0.717) is 42.3 Å². The lowest BCUT2D eigenvalue weighted by molar-refractivity contribution is -0.139. The maximum absolute atomic E-state index is 13.8. The van der Waals surface area contributed by atoms with Crippen LogP contribution in [0.4, 0.5) is 5.69 Å². The summed E-state index contributed by atoms with van der Waals surface area (Å²) in [4.78, 5) is 32.1. The maximum Gasteiger partial charge on any atom is 0.254 e. The van der Waals surface area contributed by atoms with E-state index >= 15 is 0 Å². The minimum atomic E-state index is -0.598. The van der Waals surface area contributed by atoms with Gasteiger partial charge in [0.25, 0.3) is 5.91 Å². The van der Waals surface area contributed by atoms with E-state index in [1.54, 1.807) is 27.3 Å². The Balaban J connectivity index is 1.13. The zero-order chi connectivity index (χ0) is 26.9. The largest absolute Gasteiger partial charge is 0.497 e. The molecule has 0 aromatic heterocycles. The highest BCUT2D eigenvalue weighted by molar-refractivity contribution is 6.34. The van der Waals surface area contributed by atoms with Crippen LogP contribution < -0.4 is 10.1 Å². The van der Waals surface area contributed by atoms with Crippen molar-refractivity contribution in [2.24, 2.45) is 0 Å². The lowest BCUT2D eigenvalue weighted by Gasteiger charge is -2.48. The topological polar surface area (TPSA) is 74.4 Å². The molecule has 1 N–H and O–H groups in total. The number of methoxy groups -OCH3 is 1. The molecule has 1 atom stereocenters. The zero-order valence-corrected chi connectivity index (χ0v) is 23.2. The van der Waals surface area contributed by atoms with Crippen LogP contribution in [0.3, 0.4) is 0 Å². The van der Waals surface area contributed by atoms with Gasteiger partial charge in [-0.2, -0.15) is 0 Å². The first-order chi connectivity index (χ1) is 18.3. The van der Waals surface area contributed by atoms with Gasteiger partial charge >= 0.3 is 0 Å². The second kappa shape index (κ2) is 11.1. The van der Waals surface area contributed by atoms with Crippen LogP contribution in [0.25, 0.3) is 0 Å². The van der Waals surface area contributed by atoms with E-state index in [1.807, 2.05) is 41.3 Å². The fraction of sp³-hybridized carbons (Fsp3) is 0.517. The molecule has 5 rings (SSSR count). The molecule has 3 aliphatic rings. The molecular formula is C29H37ClN4O4. The third-order valence-electron chi connectivity index (χ3n) is 8.23. The number of hydrogen-bond acceptors (Lipinski definition) is 6. The number of ether oxygens (including phenoxy) is 2. The first-order valence-corrected chi connectivity index (χ1v) is 13.7. The first-order valence-electron chi connectivity index (χ1n) is 13.3. The van der Waals surface area contributed by atoms with E-state index in [4.69, 9.17) is 21.1 Å². The van der Waals surface area contributed by atoms with Gasteiger partial charge in [-0.05, 0) is 55.2 Å². The Labute approximate surface area is 229 Å². The van der Waals surface area contributed by atoms with E-state index in [1.165, 1.54) is 4.90 Å². The third-order valence-corrected chi connectivity index (χ3v) is 8.54. The van der Waals surface area contributed by atoms with Crippen molar-refractivity contribution in [2.45, 2.75) is 36.8 Å². The molecule has 2 aromatic rings. The fourth-order valence-electron chi connectivity index (χ4n) is 5.89. The van der Waals surface area contributed by atoms with E-state index in [9.17, 15) is 9.59 Å². The summed E-state index contributed by atoms with van der Waals surface area (Å²) in [6.45, 7) is 4.50. The third kappa shape index (κ3) is 5.22. The lowest BCUT2D eigenvalue weighted by Crippen LogP contribution is -2.61. The summed E-state index contributed by atoms with van der Waals surface area (Å²) in [5.74, 6) is 0.879. The molecule has 2 aromatic carbocycles. The molecule has 0 spiro atoms. The first kappa shape index (κ1) is 26.8. The standard InChI is InChI=1S/C29H37ClN4O4/c1-32(2)27(35)25-9-6-21(16-26(25)30)31-22-17-34(18-22)23-10-13-33(14-11-23)28(36)29(12-15-38-19-29)20-4-7-24(37-3)8-5-20/h4-9,16,22-23,31H,10-15,17-19H2,1-3H3. The summed E-state index contributed by atoms with van der Waals surface area (Å²) >= 11 is 6.37. The number of halogens is 1. The van der Waals surface area contributed by atoms with Gasteiger partial charge < -0.3 is 24.6 Å². The van der Waals surface area contributed by atoms with Gasteiger partial charge in [-0.3, -0.25) is 14.5 Å². The van der Waals surface area contributed by atoms with Gasteiger partial charge in [-0.25, -0.2) is 0 Å². The van der Waals surface area contributed by atoms with Gasteiger partial charge in [0.15, 0.2) is 0 Å². The second-order valence-electron chi connectivity index (χ2n) is 10.8. The van der Waals surface area contributed by atoms with Crippen molar-refractivity contribution in [2.75, 3.05) is 65.9 Å². The van der Waals surface area contributed by atoms with Crippen LogP contribution in [0.1, 0.15) is 35.2 Å². The maximum atomic E-state index is 13.8.